The van der Waals surface area contributed by atoms with Gasteiger partial charge in [-0.05, 0) is 36.2 Å². The molecule has 84 valence electrons. The predicted molar refractivity (Wildman–Crippen MR) is 65.5 cm³/mol. The fourth-order valence-corrected chi connectivity index (χ4v) is 2.00. The van der Waals surface area contributed by atoms with Crippen molar-refractivity contribution in [3.05, 3.63) is 39.9 Å². The van der Waals surface area contributed by atoms with Crippen LogP contribution < -0.4 is 0 Å². The van der Waals surface area contributed by atoms with Crippen LogP contribution in [0.1, 0.15) is 18.3 Å². The molecule has 0 aliphatic rings. The summed E-state index contributed by atoms with van der Waals surface area (Å²) in [6.07, 6.45) is 0.770. The maximum atomic E-state index is 6.08. The zero-order valence-electron chi connectivity index (χ0n) is 9.04. The summed E-state index contributed by atoms with van der Waals surface area (Å²) < 4.78 is 1.82. The lowest BCUT2D eigenvalue weighted by molar-refractivity contribution is 0.879. The Labute approximate surface area is 104 Å². The average Bonchev–Trinajstić information content (AvgIpc) is 2.64. The van der Waals surface area contributed by atoms with E-state index in [1.807, 2.05) is 36.6 Å². The molecule has 1 heterocycles. The number of aromatic nitrogens is 3. The molecular weight excluding hydrogens is 245 g/mol. The Kier molecular flexibility index (Phi) is 3.17. The lowest BCUT2D eigenvalue weighted by Gasteiger charge is -2.10. The summed E-state index contributed by atoms with van der Waals surface area (Å²) in [6.45, 7) is 3.96. The molecule has 5 heteroatoms. The highest BCUT2D eigenvalue weighted by Gasteiger charge is 2.13. The lowest BCUT2D eigenvalue weighted by Crippen LogP contribution is -2.02. The van der Waals surface area contributed by atoms with Crippen LogP contribution in [0.15, 0.2) is 18.2 Å². The third kappa shape index (κ3) is 1.81. The van der Waals surface area contributed by atoms with E-state index in [1.54, 1.807) is 0 Å². The van der Waals surface area contributed by atoms with E-state index in [2.05, 4.69) is 10.2 Å². The van der Waals surface area contributed by atoms with Crippen molar-refractivity contribution in [3.63, 3.8) is 0 Å². The van der Waals surface area contributed by atoms with Crippen molar-refractivity contribution in [1.29, 1.82) is 0 Å². The van der Waals surface area contributed by atoms with Crippen molar-refractivity contribution in [3.8, 4) is 5.69 Å². The maximum Gasteiger partial charge on any atom is 0.229 e. The van der Waals surface area contributed by atoms with Crippen molar-refractivity contribution >= 4 is 23.2 Å². The van der Waals surface area contributed by atoms with E-state index in [-0.39, 0.29) is 0 Å². The Morgan fingerprint density at radius 2 is 2.00 bits per heavy atom. The van der Waals surface area contributed by atoms with Crippen LogP contribution in [-0.4, -0.2) is 14.8 Å². The van der Waals surface area contributed by atoms with Crippen LogP contribution in [0.25, 0.3) is 5.69 Å². The normalized spacial score (nSPS) is 10.8. The Hall–Kier alpha value is -1.06. The summed E-state index contributed by atoms with van der Waals surface area (Å²) in [5, 5.41) is 8.96. The highest BCUT2D eigenvalue weighted by atomic mass is 35.5. The van der Waals surface area contributed by atoms with Crippen molar-refractivity contribution in [2.24, 2.45) is 0 Å². The Bertz CT molecular complexity index is 520. The second-order valence-corrected chi connectivity index (χ2v) is 4.20. The minimum atomic E-state index is 0.363. The molecule has 3 nitrogen and oxygen atoms in total. The van der Waals surface area contributed by atoms with Gasteiger partial charge in [-0.15, -0.1) is 10.2 Å². The molecule has 0 N–H and O–H groups in total. The van der Waals surface area contributed by atoms with Gasteiger partial charge < -0.3 is 0 Å². The van der Waals surface area contributed by atoms with Crippen molar-refractivity contribution in [1.82, 2.24) is 14.8 Å². The molecule has 2 rings (SSSR count). The van der Waals surface area contributed by atoms with Crippen LogP contribution in [-0.2, 0) is 6.42 Å². The highest BCUT2D eigenvalue weighted by Crippen LogP contribution is 2.25. The average molecular weight is 256 g/mol. The zero-order valence-corrected chi connectivity index (χ0v) is 10.5. The highest BCUT2D eigenvalue weighted by molar-refractivity contribution is 6.31. The minimum Gasteiger partial charge on any atom is -0.269 e. The molecule has 0 fully saturated rings. The topological polar surface area (TPSA) is 30.7 Å². The van der Waals surface area contributed by atoms with Crippen LogP contribution in [0.2, 0.25) is 10.3 Å². The minimum absolute atomic E-state index is 0.363. The Morgan fingerprint density at radius 1 is 1.25 bits per heavy atom. The Balaban J connectivity index is 2.67. The molecule has 0 amide bonds. The summed E-state index contributed by atoms with van der Waals surface area (Å²) in [5.74, 6) is 0.829. The first-order chi connectivity index (χ1) is 7.65. The van der Waals surface area contributed by atoms with Gasteiger partial charge in [-0.25, -0.2) is 0 Å². The summed E-state index contributed by atoms with van der Waals surface area (Å²) in [7, 11) is 0. The molecule has 0 saturated carbocycles. The molecule has 0 unspecified atom stereocenters. The zero-order chi connectivity index (χ0) is 11.7. The fourth-order valence-electron chi connectivity index (χ4n) is 1.60. The van der Waals surface area contributed by atoms with Gasteiger partial charge in [0.15, 0.2) is 0 Å². The number of aryl methyl sites for hydroxylation is 1. The van der Waals surface area contributed by atoms with E-state index >= 15 is 0 Å². The van der Waals surface area contributed by atoms with Gasteiger partial charge in [-0.3, -0.25) is 4.57 Å². The maximum absolute atomic E-state index is 6.08. The molecule has 0 spiro atoms. The third-order valence-corrected chi connectivity index (χ3v) is 3.14. The number of hydrogen-bond donors (Lipinski definition) is 0. The van der Waals surface area contributed by atoms with Gasteiger partial charge in [-0.2, -0.15) is 0 Å². The molecule has 0 aliphatic carbocycles. The van der Waals surface area contributed by atoms with E-state index in [0.29, 0.717) is 10.3 Å². The monoisotopic (exact) mass is 255 g/mol. The van der Waals surface area contributed by atoms with Gasteiger partial charge in [-0.1, -0.05) is 24.6 Å². The standard InChI is InChI=1S/C11H11Cl2N3/c1-3-10-14-15-11(13)16(10)9-6-4-5-8(12)7(9)2/h4-6H,3H2,1-2H3. The van der Waals surface area contributed by atoms with E-state index in [9.17, 15) is 0 Å². The second kappa shape index (κ2) is 4.44. The first-order valence-electron chi connectivity index (χ1n) is 5.00. The van der Waals surface area contributed by atoms with Crippen LogP contribution in [0.5, 0.6) is 0 Å². The fraction of sp³-hybridized carbons (Fsp3) is 0.273. The van der Waals surface area contributed by atoms with Gasteiger partial charge in [0.2, 0.25) is 5.28 Å². The molecular formula is C11H11Cl2N3. The SMILES string of the molecule is CCc1nnc(Cl)n1-c1cccc(Cl)c1C. The van der Waals surface area contributed by atoms with Crippen molar-refractivity contribution in [2.75, 3.05) is 0 Å². The first kappa shape index (κ1) is 11.4. The van der Waals surface area contributed by atoms with Gasteiger partial charge in [0.1, 0.15) is 5.82 Å². The Morgan fingerprint density at radius 3 is 2.69 bits per heavy atom. The van der Waals surface area contributed by atoms with Crippen LogP contribution in [0, 0.1) is 6.92 Å². The summed E-state index contributed by atoms with van der Waals surface area (Å²) >= 11 is 12.1. The van der Waals surface area contributed by atoms with E-state index in [1.165, 1.54) is 0 Å². The summed E-state index contributed by atoms with van der Waals surface area (Å²) in [5.41, 5.74) is 1.90. The summed E-state index contributed by atoms with van der Waals surface area (Å²) in [6, 6.07) is 5.69. The molecule has 0 atom stereocenters. The second-order valence-electron chi connectivity index (χ2n) is 3.46. The number of halogens is 2. The lowest BCUT2D eigenvalue weighted by atomic mass is 10.2. The molecule has 2 aromatic rings. The van der Waals surface area contributed by atoms with Crippen molar-refractivity contribution in [2.45, 2.75) is 20.3 Å². The van der Waals surface area contributed by atoms with Crippen LogP contribution >= 0.6 is 23.2 Å². The molecule has 1 aromatic carbocycles. The molecule has 16 heavy (non-hydrogen) atoms. The molecule has 0 saturated heterocycles. The van der Waals surface area contributed by atoms with Gasteiger partial charge in [0.05, 0.1) is 5.69 Å². The van der Waals surface area contributed by atoms with Gasteiger partial charge in [0, 0.05) is 11.4 Å². The number of rotatable bonds is 2. The number of nitrogens with zero attached hydrogens (tertiary/aromatic N) is 3. The summed E-state index contributed by atoms with van der Waals surface area (Å²) in [4.78, 5) is 0. The van der Waals surface area contributed by atoms with E-state index in [0.717, 1.165) is 23.5 Å². The number of benzene rings is 1. The van der Waals surface area contributed by atoms with Crippen LogP contribution in [0.4, 0.5) is 0 Å². The predicted octanol–water partition coefficient (Wildman–Crippen LogP) is 3.44. The van der Waals surface area contributed by atoms with Gasteiger partial charge in [0.25, 0.3) is 0 Å². The van der Waals surface area contributed by atoms with E-state index < -0.39 is 0 Å². The van der Waals surface area contributed by atoms with E-state index in [4.69, 9.17) is 23.2 Å². The molecule has 0 aliphatic heterocycles. The molecule has 0 radical (unpaired) electrons. The first-order valence-corrected chi connectivity index (χ1v) is 5.76. The smallest absolute Gasteiger partial charge is 0.229 e. The van der Waals surface area contributed by atoms with Crippen LogP contribution in [0.3, 0.4) is 0 Å². The molecule has 0 bridgehead atoms. The number of hydrogen-bond acceptors (Lipinski definition) is 2. The van der Waals surface area contributed by atoms with Crippen molar-refractivity contribution < 1.29 is 0 Å². The quantitative estimate of drug-likeness (QED) is 0.823. The van der Waals surface area contributed by atoms with Gasteiger partial charge >= 0.3 is 0 Å². The molecule has 1 aromatic heterocycles. The largest absolute Gasteiger partial charge is 0.269 e. The third-order valence-electron chi connectivity index (χ3n) is 2.49.